The number of aliphatic hydroxyl groups excluding tert-OH is 1. The van der Waals surface area contributed by atoms with Gasteiger partial charge in [-0.3, -0.25) is 0 Å². The van der Waals surface area contributed by atoms with Crippen LogP contribution < -0.4 is 0 Å². The lowest BCUT2D eigenvalue weighted by Crippen LogP contribution is -1.98. The van der Waals surface area contributed by atoms with Crippen LogP contribution in [0.3, 0.4) is 0 Å². The number of rotatable bonds is 2. The molecule has 0 saturated heterocycles. The quantitative estimate of drug-likeness (QED) is 0.833. The third kappa shape index (κ3) is 2.91. The summed E-state index contributed by atoms with van der Waals surface area (Å²) < 4.78 is 1.51. The average molecular weight is 332 g/mol. The first-order valence-electron chi connectivity index (χ1n) is 5.18. The molecule has 1 nitrogen and oxygen atoms in total. The Hall–Kier alpha value is -0.350. The first-order chi connectivity index (χ1) is 7.97. The molecule has 0 spiro atoms. The van der Waals surface area contributed by atoms with Crippen molar-refractivity contribution in [1.82, 2.24) is 0 Å². The summed E-state index contributed by atoms with van der Waals surface area (Å²) >= 11 is 10.7. The lowest BCUT2D eigenvalue weighted by atomic mass is 10.0. The van der Waals surface area contributed by atoms with Crippen molar-refractivity contribution in [2.75, 3.05) is 0 Å². The standard InChI is InChI=1S/C13H12BrClOS/c1-7-3-8(2)5-9(4-7)12(16)11-6-10(14)13(15)17-11/h3-6,12,16H,1-2H3. The fraction of sp³-hybridized carbons (Fsp3) is 0.231. The first-order valence-corrected chi connectivity index (χ1v) is 7.17. The highest BCUT2D eigenvalue weighted by atomic mass is 79.9. The predicted octanol–water partition coefficient (Wildman–Crippen LogP) is 4.86. The molecule has 1 atom stereocenters. The third-order valence-electron chi connectivity index (χ3n) is 2.49. The minimum Gasteiger partial charge on any atom is -0.383 e. The van der Waals surface area contributed by atoms with Gasteiger partial charge >= 0.3 is 0 Å². The number of thiophene rings is 1. The molecule has 0 aliphatic heterocycles. The Labute approximate surface area is 118 Å². The number of benzene rings is 1. The van der Waals surface area contributed by atoms with Gasteiger partial charge in [-0.05, 0) is 41.4 Å². The van der Waals surface area contributed by atoms with Gasteiger partial charge in [0.05, 0.1) is 0 Å². The zero-order valence-electron chi connectivity index (χ0n) is 9.50. The van der Waals surface area contributed by atoms with Crippen LogP contribution in [0.5, 0.6) is 0 Å². The van der Waals surface area contributed by atoms with Crippen molar-refractivity contribution in [2.24, 2.45) is 0 Å². The monoisotopic (exact) mass is 330 g/mol. The van der Waals surface area contributed by atoms with Crippen LogP contribution in [0.25, 0.3) is 0 Å². The minimum absolute atomic E-state index is 0.609. The Morgan fingerprint density at radius 2 is 1.76 bits per heavy atom. The van der Waals surface area contributed by atoms with Crippen molar-refractivity contribution < 1.29 is 5.11 Å². The lowest BCUT2D eigenvalue weighted by Gasteiger charge is -2.10. The SMILES string of the molecule is Cc1cc(C)cc(C(O)c2cc(Br)c(Cl)s2)c1. The van der Waals surface area contributed by atoms with Crippen molar-refractivity contribution in [3.63, 3.8) is 0 Å². The van der Waals surface area contributed by atoms with Crippen LogP contribution in [0.2, 0.25) is 4.34 Å². The summed E-state index contributed by atoms with van der Waals surface area (Å²) in [4.78, 5) is 0.854. The molecule has 1 unspecified atom stereocenters. The zero-order valence-corrected chi connectivity index (χ0v) is 12.7. The van der Waals surface area contributed by atoms with Gasteiger partial charge in [0.15, 0.2) is 0 Å². The molecule has 2 rings (SSSR count). The van der Waals surface area contributed by atoms with Crippen LogP contribution in [0.15, 0.2) is 28.7 Å². The van der Waals surface area contributed by atoms with Crippen LogP contribution in [0, 0.1) is 13.8 Å². The van der Waals surface area contributed by atoms with Gasteiger partial charge < -0.3 is 5.11 Å². The minimum atomic E-state index is -0.609. The number of aliphatic hydroxyl groups is 1. The summed E-state index contributed by atoms with van der Waals surface area (Å²) in [6.45, 7) is 4.06. The molecule has 1 aromatic carbocycles. The fourth-order valence-electron chi connectivity index (χ4n) is 1.83. The highest BCUT2D eigenvalue weighted by Crippen LogP contribution is 2.37. The molecule has 2 aromatic rings. The van der Waals surface area contributed by atoms with E-state index in [-0.39, 0.29) is 0 Å². The number of hydrogen-bond acceptors (Lipinski definition) is 2. The molecule has 1 aromatic heterocycles. The molecule has 0 fully saturated rings. The van der Waals surface area contributed by atoms with Gasteiger partial charge in [0.1, 0.15) is 10.4 Å². The summed E-state index contributed by atoms with van der Waals surface area (Å²) in [5.41, 5.74) is 3.22. The Morgan fingerprint density at radius 3 is 2.24 bits per heavy atom. The molecule has 0 amide bonds. The van der Waals surface area contributed by atoms with E-state index >= 15 is 0 Å². The van der Waals surface area contributed by atoms with E-state index in [9.17, 15) is 5.11 Å². The normalized spacial score (nSPS) is 12.8. The second-order valence-electron chi connectivity index (χ2n) is 4.09. The van der Waals surface area contributed by atoms with E-state index in [0.29, 0.717) is 4.34 Å². The molecule has 1 N–H and O–H groups in total. The summed E-state index contributed by atoms with van der Waals surface area (Å²) in [5.74, 6) is 0. The van der Waals surface area contributed by atoms with Crippen LogP contribution in [-0.2, 0) is 0 Å². The van der Waals surface area contributed by atoms with E-state index in [1.807, 2.05) is 32.0 Å². The van der Waals surface area contributed by atoms with Gasteiger partial charge in [0, 0.05) is 9.35 Å². The topological polar surface area (TPSA) is 20.2 Å². The van der Waals surface area contributed by atoms with Gasteiger partial charge in [-0.15, -0.1) is 11.3 Å². The smallest absolute Gasteiger partial charge is 0.113 e. The molecule has 0 aliphatic rings. The first kappa shape index (κ1) is 13.1. The Kier molecular flexibility index (Phi) is 3.93. The van der Waals surface area contributed by atoms with Crippen LogP contribution in [0.1, 0.15) is 27.7 Å². The van der Waals surface area contributed by atoms with Gasteiger partial charge in [-0.1, -0.05) is 40.9 Å². The average Bonchev–Trinajstić information content (AvgIpc) is 2.57. The lowest BCUT2D eigenvalue weighted by molar-refractivity contribution is 0.224. The van der Waals surface area contributed by atoms with Crippen molar-refractivity contribution in [2.45, 2.75) is 20.0 Å². The van der Waals surface area contributed by atoms with E-state index in [0.717, 1.165) is 26.0 Å². The third-order valence-corrected chi connectivity index (χ3v) is 5.02. The maximum absolute atomic E-state index is 10.3. The number of aryl methyl sites for hydroxylation is 2. The number of halogens is 2. The van der Waals surface area contributed by atoms with Crippen molar-refractivity contribution in [3.05, 3.63) is 54.6 Å². The van der Waals surface area contributed by atoms with Crippen LogP contribution in [0.4, 0.5) is 0 Å². The van der Waals surface area contributed by atoms with Crippen molar-refractivity contribution in [3.8, 4) is 0 Å². The fourth-order valence-corrected chi connectivity index (χ4v) is 3.58. The van der Waals surface area contributed by atoms with Crippen LogP contribution in [-0.4, -0.2) is 5.11 Å². The molecule has 90 valence electrons. The largest absolute Gasteiger partial charge is 0.383 e. The highest BCUT2D eigenvalue weighted by molar-refractivity contribution is 9.10. The molecular weight excluding hydrogens is 320 g/mol. The van der Waals surface area contributed by atoms with Gasteiger partial charge in [-0.2, -0.15) is 0 Å². The molecule has 0 radical (unpaired) electrons. The van der Waals surface area contributed by atoms with Crippen LogP contribution >= 0.6 is 38.9 Å². The summed E-state index contributed by atoms with van der Waals surface area (Å²) in [5, 5.41) is 10.3. The summed E-state index contributed by atoms with van der Waals surface area (Å²) in [6.07, 6.45) is -0.609. The highest BCUT2D eigenvalue weighted by Gasteiger charge is 2.15. The number of hydrogen-bond donors (Lipinski definition) is 1. The van der Waals surface area contributed by atoms with Crippen molar-refractivity contribution >= 4 is 38.9 Å². The molecule has 0 aliphatic carbocycles. The molecular formula is C13H12BrClOS. The van der Waals surface area contributed by atoms with E-state index in [1.54, 1.807) is 0 Å². The molecule has 1 heterocycles. The maximum atomic E-state index is 10.3. The van der Waals surface area contributed by atoms with Gasteiger partial charge in [-0.25, -0.2) is 0 Å². The molecule has 17 heavy (non-hydrogen) atoms. The Balaban J connectivity index is 2.39. The summed E-state index contributed by atoms with van der Waals surface area (Å²) in [7, 11) is 0. The maximum Gasteiger partial charge on any atom is 0.113 e. The van der Waals surface area contributed by atoms with Crippen molar-refractivity contribution in [1.29, 1.82) is 0 Å². The second kappa shape index (κ2) is 5.11. The zero-order chi connectivity index (χ0) is 12.6. The second-order valence-corrected chi connectivity index (χ2v) is 6.63. The van der Waals surface area contributed by atoms with Gasteiger partial charge in [0.25, 0.3) is 0 Å². The Morgan fingerprint density at radius 1 is 1.18 bits per heavy atom. The molecule has 0 bridgehead atoms. The van der Waals surface area contributed by atoms with E-state index in [2.05, 4.69) is 22.0 Å². The van der Waals surface area contributed by atoms with E-state index < -0.39 is 6.10 Å². The molecule has 4 heteroatoms. The van der Waals surface area contributed by atoms with Gasteiger partial charge in [0.2, 0.25) is 0 Å². The molecule has 0 saturated carbocycles. The van der Waals surface area contributed by atoms with E-state index in [4.69, 9.17) is 11.6 Å². The summed E-state index contributed by atoms with van der Waals surface area (Å²) in [6, 6.07) is 7.96. The Bertz CT molecular complexity index is 511. The van der Waals surface area contributed by atoms with E-state index in [1.165, 1.54) is 11.3 Å². The predicted molar refractivity (Wildman–Crippen MR) is 77.0 cm³/mol.